The van der Waals surface area contributed by atoms with Crippen molar-refractivity contribution in [3.8, 4) is 0 Å². The van der Waals surface area contributed by atoms with Crippen LogP contribution in [-0.2, 0) is 10.0 Å². The van der Waals surface area contributed by atoms with E-state index in [2.05, 4.69) is 10.6 Å². The molecule has 128 valence electrons. The Balaban J connectivity index is 1.78. The SMILES string of the molecule is CC1NCCCC1NC(=O)c1sccc1S(=O)(=O)N1CCCC1. The Kier molecular flexibility index (Phi) is 5.05. The lowest BCUT2D eigenvalue weighted by molar-refractivity contribution is 0.0921. The van der Waals surface area contributed by atoms with Crippen molar-refractivity contribution in [1.29, 1.82) is 0 Å². The number of hydrogen-bond acceptors (Lipinski definition) is 5. The first kappa shape index (κ1) is 16.9. The molecule has 1 aromatic heterocycles. The summed E-state index contributed by atoms with van der Waals surface area (Å²) in [6.45, 7) is 4.09. The van der Waals surface area contributed by atoms with E-state index in [9.17, 15) is 13.2 Å². The van der Waals surface area contributed by atoms with Crippen LogP contribution in [0.2, 0.25) is 0 Å². The summed E-state index contributed by atoms with van der Waals surface area (Å²) >= 11 is 1.19. The van der Waals surface area contributed by atoms with Crippen LogP contribution >= 0.6 is 11.3 Å². The summed E-state index contributed by atoms with van der Waals surface area (Å²) in [5.74, 6) is -0.279. The maximum Gasteiger partial charge on any atom is 0.263 e. The molecule has 0 saturated carbocycles. The number of rotatable bonds is 4. The molecule has 3 rings (SSSR count). The normalized spacial score (nSPS) is 26.3. The largest absolute Gasteiger partial charge is 0.347 e. The molecule has 2 atom stereocenters. The zero-order valence-corrected chi connectivity index (χ0v) is 14.9. The number of nitrogens with one attached hydrogen (secondary N) is 2. The average molecular weight is 358 g/mol. The van der Waals surface area contributed by atoms with Crippen molar-refractivity contribution in [2.45, 2.75) is 49.6 Å². The Bertz CT molecular complexity index is 665. The first-order valence-electron chi connectivity index (χ1n) is 8.12. The Labute approximate surface area is 141 Å². The molecule has 0 radical (unpaired) electrons. The monoisotopic (exact) mass is 357 g/mol. The smallest absolute Gasteiger partial charge is 0.263 e. The van der Waals surface area contributed by atoms with Gasteiger partial charge in [0.2, 0.25) is 10.0 Å². The summed E-state index contributed by atoms with van der Waals surface area (Å²) in [6.07, 6.45) is 3.70. The molecular weight excluding hydrogens is 334 g/mol. The zero-order chi connectivity index (χ0) is 16.4. The van der Waals surface area contributed by atoms with E-state index in [-0.39, 0.29) is 22.9 Å². The van der Waals surface area contributed by atoms with Crippen molar-refractivity contribution >= 4 is 27.3 Å². The highest BCUT2D eigenvalue weighted by Gasteiger charge is 2.33. The molecule has 0 aromatic carbocycles. The van der Waals surface area contributed by atoms with Gasteiger partial charge in [-0.25, -0.2) is 8.42 Å². The second kappa shape index (κ2) is 6.88. The van der Waals surface area contributed by atoms with Gasteiger partial charge in [-0.05, 0) is 50.6 Å². The number of thiophene rings is 1. The van der Waals surface area contributed by atoms with Gasteiger partial charge in [0.15, 0.2) is 0 Å². The van der Waals surface area contributed by atoms with Gasteiger partial charge in [0.1, 0.15) is 9.77 Å². The number of carbonyl (C=O) groups excluding carboxylic acids is 1. The van der Waals surface area contributed by atoms with E-state index in [0.717, 1.165) is 32.2 Å². The molecule has 2 aliphatic rings. The molecule has 2 unspecified atom stereocenters. The highest BCUT2D eigenvalue weighted by molar-refractivity contribution is 7.89. The number of carbonyl (C=O) groups is 1. The second-order valence-electron chi connectivity index (χ2n) is 6.19. The molecule has 23 heavy (non-hydrogen) atoms. The highest BCUT2D eigenvalue weighted by atomic mass is 32.2. The third-order valence-electron chi connectivity index (χ3n) is 4.60. The minimum atomic E-state index is -3.56. The Morgan fingerprint density at radius 1 is 1.35 bits per heavy atom. The van der Waals surface area contributed by atoms with Gasteiger partial charge in [-0.3, -0.25) is 4.79 Å². The highest BCUT2D eigenvalue weighted by Crippen LogP contribution is 2.27. The summed E-state index contributed by atoms with van der Waals surface area (Å²) in [5.41, 5.74) is 0. The predicted molar refractivity (Wildman–Crippen MR) is 90.3 cm³/mol. The van der Waals surface area contributed by atoms with Crippen LogP contribution in [-0.4, -0.2) is 50.3 Å². The van der Waals surface area contributed by atoms with Crippen LogP contribution in [0.1, 0.15) is 42.3 Å². The van der Waals surface area contributed by atoms with Crippen molar-refractivity contribution < 1.29 is 13.2 Å². The molecule has 3 heterocycles. The molecular formula is C15H23N3O3S2. The molecule has 0 spiro atoms. The third kappa shape index (κ3) is 3.45. The molecule has 2 saturated heterocycles. The number of piperidine rings is 1. The fourth-order valence-electron chi connectivity index (χ4n) is 3.21. The number of hydrogen-bond donors (Lipinski definition) is 2. The molecule has 6 nitrogen and oxygen atoms in total. The third-order valence-corrected chi connectivity index (χ3v) is 7.58. The molecule has 2 fully saturated rings. The Morgan fingerprint density at radius 2 is 2.09 bits per heavy atom. The summed E-state index contributed by atoms with van der Waals surface area (Å²) in [7, 11) is -3.56. The number of sulfonamides is 1. The Hall–Kier alpha value is -0.960. The first-order chi connectivity index (χ1) is 11.0. The van der Waals surface area contributed by atoms with Gasteiger partial charge in [-0.15, -0.1) is 11.3 Å². The minimum absolute atomic E-state index is 0.0423. The maximum atomic E-state index is 12.7. The van der Waals surface area contributed by atoms with Crippen LogP contribution in [0.25, 0.3) is 0 Å². The van der Waals surface area contributed by atoms with E-state index in [1.807, 2.05) is 6.92 Å². The predicted octanol–water partition coefficient (Wildman–Crippen LogP) is 1.40. The lowest BCUT2D eigenvalue weighted by atomic mass is 10.00. The maximum absolute atomic E-state index is 12.7. The lowest BCUT2D eigenvalue weighted by Crippen LogP contribution is -2.52. The van der Waals surface area contributed by atoms with E-state index < -0.39 is 10.0 Å². The fourth-order valence-corrected chi connectivity index (χ4v) is 6.03. The second-order valence-corrected chi connectivity index (χ2v) is 9.01. The molecule has 1 aromatic rings. The van der Waals surface area contributed by atoms with Gasteiger partial charge in [0, 0.05) is 25.2 Å². The van der Waals surface area contributed by atoms with Crippen molar-refractivity contribution in [2.24, 2.45) is 0 Å². The van der Waals surface area contributed by atoms with E-state index in [1.165, 1.54) is 15.6 Å². The van der Waals surface area contributed by atoms with Gasteiger partial charge < -0.3 is 10.6 Å². The average Bonchev–Trinajstić information content (AvgIpc) is 3.21. The molecule has 0 bridgehead atoms. The van der Waals surface area contributed by atoms with Crippen molar-refractivity contribution in [3.63, 3.8) is 0 Å². The van der Waals surface area contributed by atoms with Gasteiger partial charge in [-0.2, -0.15) is 4.31 Å². The van der Waals surface area contributed by atoms with Gasteiger partial charge in [0.25, 0.3) is 5.91 Å². The van der Waals surface area contributed by atoms with Crippen LogP contribution in [0.15, 0.2) is 16.3 Å². The van der Waals surface area contributed by atoms with Crippen LogP contribution < -0.4 is 10.6 Å². The van der Waals surface area contributed by atoms with E-state index >= 15 is 0 Å². The lowest BCUT2D eigenvalue weighted by Gasteiger charge is -2.30. The van der Waals surface area contributed by atoms with Crippen molar-refractivity contribution in [2.75, 3.05) is 19.6 Å². The summed E-state index contributed by atoms with van der Waals surface area (Å²) < 4.78 is 26.9. The topological polar surface area (TPSA) is 78.5 Å². The van der Waals surface area contributed by atoms with Crippen molar-refractivity contribution in [3.05, 3.63) is 16.3 Å². The minimum Gasteiger partial charge on any atom is -0.347 e. The van der Waals surface area contributed by atoms with Crippen LogP contribution in [0.4, 0.5) is 0 Å². The zero-order valence-electron chi connectivity index (χ0n) is 13.2. The fraction of sp³-hybridized carbons (Fsp3) is 0.667. The summed E-state index contributed by atoms with van der Waals surface area (Å²) in [4.78, 5) is 13.0. The van der Waals surface area contributed by atoms with Gasteiger partial charge in [0.05, 0.1) is 0 Å². The molecule has 8 heteroatoms. The molecule has 0 aliphatic carbocycles. The first-order valence-corrected chi connectivity index (χ1v) is 10.4. The van der Waals surface area contributed by atoms with Crippen molar-refractivity contribution in [1.82, 2.24) is 14.9 Å². The number of nitrogens with zero attached hydrogens (tertiary/aromatic N) is 1. The Morgan fingerprint density at radius 3 is 2.78 bits per heavy atom. The van der Waals surface area contributed by atoms with E-state index in [1.54, 1.807) is 11.4 Å². The summed E-state index contributed by atoms with van der Waals surface area (Å²) in [5, 5.41) is 8.02. The van der Waals surface area contributed by atoms with E-state index in [0.29, 0.717) is 18.0 Å². The molecule has 2 N–H and O–H groups in total. The van der Waals surface area contributed by atoms with Gasteiger partial charge >= 0.3 is 0 Å². The van der Waals surface area contributed by atoms with Gasteiger partial charge in [-0.1, -0.05) is 0 Å². The molecule has 1 amide bonds. The standard InChI is InChI=1S/C15H23N3O3S2/c1-11-12(5-4-7-16-11)17-15(19)14-13(6-10-22-14)23(20,21)18-8-2-3-9-18/h6,10-12,16H,2-5,7-9H2,1H3,(H,17,19). The van der Waals surface area contributed by atoms with E-state index in [4.69, 9.17) is 0 Å². The quantitative estimate of drug-likeness (QED) is 0.854. The van der Waals surface area contributed by atoms with Crippen LogP contribution in [0, 0.1) is 0 Å². The summed E-state index contributed by atoms with van der Waals surface area (Å²) in [6, 6.07) is 1.79. The molecule has 2 aliphatic heterocycles. The van der Waals surface area contributed by atoms with Crippen LogP contribution in [0.5, 0.6) is 0 Å². The number of amides is 1. The van der Waals surface area contributed by atoms with Crippen LogP contribution in [0.3, 0.4) is 0 Å².